The van der Waals surface area contributed by atoms with E-state index < -0.39 is 29.2 Å². The van der Waals surface area contributed by atoms with E-state index in [1.165, 1.54) is 51.4 Å². The van der Waals surface area contributed by atoms with E-state index in [0.717, 1.165) is 38.5 Å². The van der Waals surface area contributed by atoms with Crippen molar-refractivity contribution in [1.82, 2.24) is 16.0 Å². The van der Waals surface area contributed by atoms with E-state index in [1.54, 1.807) is 13.8 Å². The van der Waals surface area contributed by atoms with Crippen molar-refractivity contribution in [2.45, 2.75) is 176 Å². The van der Waals surface area contributed by atoms with Gasteiger partial charge in [0.1, 0.15) is 6.10 Å². The van der Waals surface area contributed by atoms with Crippen molar-refractivity contribution in [2.24, 2.45) is 22.7 Å². The van der Waals surface area contributed by atoms with Gasteiger partial charge in [0.15, 0.2) is 5.79 Å². The molecule has 1 aliphatic heterocycles. The number of carboxylic acids is 1. The first-order valence-electron chi connectivity index (χ1n) is 18.0. The molecule has 9 heteroatoms. The highest BCUT2D eigenvalue weighted by Crippen LogP contribution is 2.35. The third-order valence-electron chi connectivity index (χ3n) is 9.80. The van der Waals surface area contributed by atoms with Gasteiger partial charge in [0.25, 0.3) is 0 Å². The molecule has 45 heavy (non-hydrogen) atoms. The maximum atomic E-state index is 13.4. The SMILES string of the molecule is CCCCCCCCCCCC(NC(=O)NC1CCCCCC1C(CNC(=O)C1OC(C)(C)OCC1(C)C)C(=O)O)C(C)(C)C. The summed E-state index contributed by atoms with van der Waals surface area (Å²) in [5.41, 5.74) is -0.649. The number of carbonyl (C=O) groups excluding carboxylic acids is 2. The van der Waals surface area contributed by atoms with E-state index in [0.29, 0.717) is 13.0 Å². The molecular weight excluding hydrogens is 570 g/mol. The van der Waals surface area contributed by atoms with Gasteiger partial charge in [-0.2, -0.15) is 0 Å². The lowest BCUT2D eigenvalue weighted by Crippen LogP contribution is -2.57. The Morgan fingerprint density at radius 3 is 2.09 bits per heavy atom. The van der Waals surface area contributed by atoms with Crippen LogP contribution in [0, 0.1) is 22.7 Å². The molecule has 5 atom stereocenters. The maximum Gasteiger partial charge on any atom is 0.315 e. The highest BCUT2D eigenvalue weighted by Gasteiger charge is 2.46. The van der Waals surface area contributed by atoms with Crippen LogP contribution < -0.4 is 16.0 Å². The fourth-order valence-electron chi connectivity index (χ4n) is 6.79. The van der Waals surface area contributed by atoms with Crippen molar-refractivity contribution in [3.05, 3.63) is 0 Å². The van der Waals surface area contributed by atoms with Gasteiger partial charge in [-0.1, -0.05) is 119 Å². The van der Waals surface area contributed by atoms with Crippen molar-refractivity contribution in [3.63, 3.8) is 0 Å². The van der Waals surface area contributed by atoms with E-state index >= 15 is 0 Å². The molecule has 1 heterocycles. The van der Waals surface area contributed by atoms with Crippen LogP contribution in [-0.2, 0) is 19.1 Å². The summed E-state index contributed by atoms with van der Waals surface area (Å²) in [4.78, 5) is 39.3. The van der Waals surface area contributed by atoms with Gasteiger partial charge in [0, 0.05) is 24.0 Å². The molecule has 1 aliphatic carbocycles. The lowest BCUT2D eigenvalue weighted by atomic mass is 9.81. The van der Waals surface area contributed by atoms with Crippen molar-refractivity contribution in [3.8, 4) is 0 Å². The van der Waals surface area contributed by atoms with Gasteiger partial charge in [-0.15, -0.1) is 0 Å². The molecule has 9 nitrogen and oxygen atoms in total. The predicted molar refractivity (Wildman–Crippen MR) is 180 cm³/mol. The molecule has 0 radical (unpaired) electrons. The molecule has 4 N–H and O–H groups in total. The Kier molecular flexibility index (Phi) is 16.1. The lowest BCUT2D eigenvalue weighted by molar-refractivity contribution is -0.304. The van der Waals surface area contributed by atoms with E-state index in [-0.39, 0.29) is 41.9 Å². The van der Waals surface area contributed by atoms with Crippen molar-refractivity contribution in [1.29, 1.82) is 0 Å². The summed E-state index contributed by atoms with van der Waals surface area (Å²) in [6.07, 6.45) is 15.8. The molecule has 3 amide bonds. The summed E-state index contributed by atoms with van der Waals surface area (Å²) in [5, 5.41) is 19.6. The Bertz CT molecular complexity index is 915. The van der Waals surface area contributed by atoms with E-state index in [4.69, 9.17) is 9.47 Å². The van der Waals surface area contributed by atoms with Crippen LogP contribution in [0.5, 0.6) is 0 Å². The number of hydrogen-bond donors (Lipinski definition) is 4. The summed E-state index contributed by atoms with van der Waals surface area (Å²) in [6, 6.07) is -0.489. The molecule has 5 unspecified atom stereocenters. The first-order valence-corrected chi connectivity index (χ1v) is 18.0. The van der Waals surface area contributed by atoms with Gasteiger partial charge < -0.3 is 30.5 Å². The standard InChI is InChI=1S/C36H67N3O6/c1-9-10-11-12-13-14-15-16-20-23-29(34(2,3)4)39-33(43)38-28-22-19-17-18-21-26(28)27(32(41)42)24-37-31(40)30-35(5,6)25-44-36(7,8)45-30/h26-30H,9-25H2,1-8H3,(H,37,40)(H,41,42)(H2,38,39,43). The Hall–Kier alpha value is -1.87. The fourth-order valence-corrected chi connectivity index (χ4v) is 6.79. The minimum absolute atomic E-state index is 0.0148. The third-order valence-corrected chi connectivity index (χ3v) is 9.80. The number of nitrogens with one attached hydrogen (secondary N) is 3. The summed E-state index contributed by atoms with van der Waals surface area (Å²) in [5.74, 6) is -3.30. The van der Waals surface area contributed by atoms with E-state index in [2.05, 4.69) is 43.6 Å². The van der Waals surface area contributed by atoms with Crippen LogP contribution in [0.15, 0.2) is 0 Å². The van der Waals surface area contributed by atoms with Crippen molar-refractivity contribution >= 4 is 17.9 Å². The maximum absolute atomic E-state index is 13.4. The van der Waals surface area contributed by atoms with Gasteiger partial charge in [-0.3, -0.25) is 9.59 Å². The number of ether oxygens (including phenoxy) is 2. The second-order valence-electron chi connectivity index (χ2n) is 15.9. The highest BCUT2D eigenvalue weighted by atomic mass is 16.7. The van der Waals surface area contributed by atoms with Crippen LogP contribution in [0.1, 0.15) is 152 Å². The minimum Gasteiger partial charge on any atom is -0.481 e. The summed E-state index contributed by atoms with van der Waals surface area (Å²) in [7, 11) is 0. The lowest BCUT2D eigenvalue weighted by Gasteiger charge is -2.44. The molecule has 1 saturated heterocycles. The Labute approximate surface area is 274 Å². The van der Waals surface area contributed by atoms with Crippen molar-refractivity contribution in [2.75, 3.05) is 13.2 Å². The number of carbonyl (C=O) groups is 3. The molecule has 262 valence electrons. The van der Waals surface area contributed by atoms with Gasteiger partial charge in [-0.25, -0.2) is 4.79 Å². The van der Waals surface area contributed by atoms with Gasteiger partial charge in [0.05, 0.1) is 12.5 Å². The average molecular weight is 638 g/mol. The largest absolute Gasteiger partial charge is 0.481 e. The van der Waals surface area contributed by atoms with Crippen LogP contribution in [0.2, 0.25) is 0 Å². The molecule has 2 fully saturated rings. The molecule has 0 aromatic rings. The second-order valence-corrected chi connectivity index (χ2v) is 15.9. The number of rotatable bonds is 17. The Morgan fingerprint density at radius 2 is 1.49 bits per heavy atom. The normalized spacial score (nSPS) is 24.6. The van der Waals surface area contributed by atoms with Crippen molar-refractivity contribution < 1.29 is 29.0 Å². The predicted octanol–water partition coefficient (Wildman–Crippen LogP) is 7.56. The van der Waals surface area contributed by atoms with Gasteiger partial charge >= 0.3 is 12.0 Å². The number of carboxylic acid groups (broad SMARTS) is 1. The zero-order valence-corrected chi connectivity index (χ0v) is 29.9. The minimum atomic E-state index is -0.958. The number of hydrogen-bond acceptors (Lipinski definition) is 5. The number of urea groups is 1. The molecular formula is C36H67N3O6. The average Bonchev–Trinajstić information content (AvgIpc) is 3.17. The second kappa shape index (κ2) is 18.5. The number of unbranched alkanes of at least 4 members (excludes halogenated alkanes) is 8. The highest BCUT2D eigenvalue weighted by molar-refractivity contribution is 5.82. The molecule has 1 saturated carbocycles. The smallest absolute Gasteiger partial charge is 0.315 e. The van der Waals surface area contributed by atoms with Crippen LogP contribution in [0.4, 0.5) is 4.79 Å². The molecule has 0 bridgehead atoms. The van der Waals surface area contributed by atoms with Crippen LogP contribution in [0.25, 0.3) is 0 Å². The zero-order valence-electron chi connectivity index (χ0n) is 29.9. The summed E-state index contributed by atoms with van der Waals surface area (Å²) in [6.45, 7) is 16.4. The molecule has 0 aromatic carbocycles. The number of aliphatic carboxylic acids is 1. The van der Waals surface area contributed by atoms with Gasteiger partial charge in [-0.05, 0) is 44.4 Å². The first-order chi connectivity index (χ1) is 21.1. The van der Waals surface area contributed by atoms with E-state index in [1.807, 2.05) is 13.8 Å². The van der Waals surface area contributed by atoms with Crippen LogP contribution >= 0.6 is 0 Å². The number of amides is 3. The fraction of sp³-hybridized carbons (Fsp3) is 0.917. The summed E-state index contributed by atoms with van der Waals surface area (Å²) >= 11 is 0. The third kappa shape index (κ3) is 13.8. The van der Waals surface area contributed by atoms with E-state index in [9.17, 15) is 19.5 Å². The molecule has 2 rings (SSSR count). The quantitative estimate of drug-likeness (QED) is 0.0963. The summed E-state index contributed by atoms with van der Waals surface area (Å²) < 4.78 is 11.7. The molecule has 0 aromatic heterocycles. The Balaban J connectivity index is 1.98. The van der Waals surface area contributed by atoms with Gasteiger partial charge in [0.2, 0.25) is 5.91 Å². The van der Waals surface area contributed by atoms with Crippen LogP contribution in [-0.4, -0.2) is 60.1 Å². The topological polar surface area (TPSA) is 126 Å². The van der Waals surface area contributed by atoms with Crippen LogP contribution in [0.3, 0.4) is 0 Å². The molecule has 2 aliphatic rings. The zero-order chi connectivity index (χ0) is 33.7. The molecule has 0 spiro atoms. The first kappa shape index (κ1) is 39.3. The monoisotopic (exact) mass is 638 g/mol. The Morgan fingerprint density at radius 1 is 0.889 bits per heavy atom.